The molecule has 0 atom stereocenters. The predicted molar refractivity (Wildman–Crippen MR) is 53.1 cm³/mol. The van der Waals surface area contributed by atoms with Gasteiger partial charge in [-0.15, -0.1) is 0 Å². The van der Waals surface area contributed by atoms with Crippen LogP contribution in [-0.2, 0) is 4.74 Å². The summed E-state index contributed by atoms with van der Waals surface area (Å²) in [5, 5.41) is 5.99. The van der Waals surface area contributed by atoms with Gasteiger partial charge in [0, 0.05) is 12.4 Å². The van der Waals surface area contributed by atoms with Gasteiger partial charge in [0.2, 0.25) is 0 Å². The molecule has 0 spiro atoms. The highest BCUT2D eigenvalue weighted by Crippen LogP contribution is 1.98. The summed E-state index contributed by atoms with van der Waals surface area (Å²) in [7, 11) is 0. The zero-order valence-corrected chi connectivity index (χ0v) is 8.30. The Labute approximate surface area is 86.7 Å². The summed E-state index contributed by atoms with van der Waals surface area (Å²) >= 11 is 0. The summed E-state index contributed by atoms with van der Waals surface area (Å²) in [5.74, 6) is -0.274. The molecule has 80 valence electrons. The summed E-state index contributed by atoms with van der Waals surface area (Å²) in [4.78, 5) is 17.2. The van der Waals surface area contributed by atoms with E-state index in [9.17, 15) is 4.79 Å². The Morgan fingerprint density at radius 2 is 2.47 bits per heavy atom. The summed E-state index contributed by atoms with van der Waals surface area (Å²) in [5.41, 5.74) is 0.571. The van der Waals surface area contributed by atoms with Crippen molar-refractivity contribution in [3.63, 3.8) is 0 Å². The number of nitrogens with zero attached hydrogens (tertiary/aromatic N) is 2. The quantitative estimate of drug-likeness (QED) is 0.721. The Kier molecular flexibility index (Phi) is 4.65. The maximum Gasteiger partial charge on any atom is 0.339 e. The van der Waals surface area contributed by atoms with Gasteiger partial charge in [0.25, 0.3) is 0 Å². The van der Waals surface area contributed by atoms with Crippen molar-refractivity contribution in [1.82, 2.24) is 20.2 Å². The van der Waals surface area contributed by atoms with E-state index in [2.05, 4.69) is 20.2 Å². The molecule has 0 aromatic carbocycles. The van der Waals surface area contributed by atoms with Crippen molar-refractivity contribution < 1.29 is 9.53 Å². The van der Waals surface area contributed by atoms with E-state index in [0.29, 0.717) is 12.2 Å². The van der Waals surface area contributed by atoms with Crippen LogP contribution in [0.1, 0.15) is 17.3 Å². The lowest BCUT2D eigenvalue weighted by molar-refractivity contribution is 0.0526. The second kappa shape index (κ2) is 6.36. The van der Waals surface area contributed by atoms with Crippen LogP contribution < -0.4 is 0 Å². The Morgan fingerprint density at radius 3 is 2.87 bits per heavy atom. The topological polar surface area (TPSA) is 83.7 Å². The van der Waals surface area contributed by atoms with E-state index >= 15 is 0 Å². The van der Waals surface area contributed by atoms with Gasteiger partial charge in [-0.3, -0.25) is 5.10 Å². The normalized spacial score (nSPS) is 8.87. The van der Waals surface area contributed by atoms with Gasteiger partial charge >= 0.3 is 5.97 Å². The van der Waals surface area contributed by atoms with E-state index in [-0.39, 0.29) is 5.97 Å². The van der Waals surface area contributed by atoms with Crippen LogP contribution in [-0.4, -0.2) is 32.7 Å². The van der Waals surface area contributed by atoms with Crippen LogP contribution >= 0.6 is 0 Å². The minimum absolute atomic E-state index is 0.274. The molecular formula is C9H12N4O2. The van der Waals surface area contributed by atoms with Crippen LogP contribution in [0, 0.1) is 0 Å². The van der Waals surface area contributed by atoms with Crippen LogP contribution in [0.4, 0.5) is 0 Å². The number of hydrogen-bond acceptors (Lipinski definition) is 4. The first kappa shape index (κ1) is 11.0. The highest BCUT2D eigenvalue weighted by molar-refractivity contribution is 5.89. The largest absolute Gasteiger partial charge is 0.462 e. The molecule has 0 unspecified atom stereocenters. The van der Waals surface area contributed by atoms with Crippen LogP contribution in [0.2, 0.25) is 0 Å². The molecule has 6 heteroatoms. The Bertz CT molecular complexity index is 338. The SMILES string of the molecule is CCOC(=O)c1cc[nH]c1.c1nc[nH]n1. The van der Waals surface area contributed by atoms with Crippen LogP contribution in [0.15, 0.2) is 31.1 Å². The number of aromatic amines is 2. The molecule has 6 nitrogen and oxygen atoms in total. The molecule has 2 aromatic heterocycles. The fraction of sp³-hybridized carbons (Fsp3) is 0.222. The predicted octanol–water partition coefficient (Wildman–Crippen LogP) is 0.996. The highest BCUT2D eigenvalue weighted by Gasteiger charge is 2.03. The van der Waals surface area contributed by atoms with Crippen molar-refractivity contribution in [2.75, 3.05) is 6.61 Å². The Morgan fingerprint density at radius 1 is 1.60 bits per heavy atom. The van der Waals surface area contributed by atoms with Crippen LogP contribution in [0.3, 0.4) is 0 Å². The van der Waals surface area contributed by atoms with Gasteiger partial charge in [0.05, 0.1) is 12.2 Å². The number of nitrogens with one attached hydrogen (secondary N) is 2. The van der Waals surface area contributed by atoms with Gasteiger partial charge < -0.3 is 9.72 Å². The number of ether oxygens (including phenoxy) is 1. The molecule has 15 heavy (non-hydrogen) atoms. The molecule has 0 fully saturated rings. The van der Waals surface area contributed by atoms with E-state index in [0.717, 1.165) is 0 Å². The molecule has 0 radical (unpaired) electrons. The zero-order chi connectivity index (χ0) is 10.9. The molecule has 0 saturated heterocycles. The lowest BCUT2D eigenvalue weighted by Gasteiger charge is -1.95. The summed E-state index contributed by atoms with van der Waals surface area (Å²) in [6.07, 6.45) is 6.25. The van der Waals surface area contributed by atoms with E-state index in [4.69, 9.17) is 4.74 Å². The highest BCUT2D eigenvalue weighted by atomic mass is 16.5. The van der Waals surface area contributed by atoms with E-state index in [1.807, 2.05) is 0 Å². The summed E-state index contributed by atoms with van der Waals surface area (Å²) in [6, 6.07) is 1.68. The lowest BCUT2D eigenvalue weighted by Crippen LogP contribution is -2.02. The number of hydrogen-bond donors (Lipinski definition) is 2. The Hall–Kier alpha value is -2.11. The minimum atomic E-state index is -0.274. The maximum atomic E-state index is 10.9. The third-order valence-corrected chi connectivity index (χ3v) is 1.44. The van der Waals surface area contributed by atoms with Gasteiger partial charge in [-0.25, -0.2) is 9.78 Å². The summed E-state index contributed by atoms with van der Waals surface area (Å²) < 4.78 is 4.73. The van der Waals surface area contributed by atoms with E-state index < -0.39 is 0 Å². The van der Waals surface area contributed by atoms with Crippen LogP contribution in [0.5, 0.6) is 0 Å². The third-order valence-electron chi connectivity index (χ3n) is 1.44. The number of esters is 1. The second-order valence-corrected chi connectivity index (χ2v) is 2.47. The molecule has 0 amide bonds. The first-order chi connectivity index (χ1) is 7.34. The molecule has 2 heterocycles. The molecule has 2 rings (SSSR count). The molecule has 0 bridgehead atoms. The number of rotatable bonds is 2. The fourth-order valence-corrected chi connectivity index (χ4v) is 0.832. The summed E-state index contributed by atoms with van der Waals surface area (Å²) in [6.45, 7) is 2.20. The Balaban J connectivity index is 0.000000187. The van der Waals surface area contributed by atoms with Crippen molar-refractivity contribution in [2.45, 2.75) is 6.92 Å². The van der Waals surface area contributed by atoms with Crippen molar-refractivity contribution in [2.24, 2.45) is 0 Å². The molecule has 0 aliphatic rings. The molecule has 2 N–H and O–H groups in total. The van der Waals surface area contributed by atoms with Gasteiger partial charge in [0.1, 0.15) is 12.7 Å². The monoisotopic (exact) mass is 208 g/mol. The molecular weight excluding hydrogens is 196 g/mol. The first-order valence-corrected chi connectivity index (χ1v) is 4.43. The van der Waals surface area contributed by atoms with Gasteiger partial charge in [0.15, 0.2) is 0 Å². The van der Waals surface area contributed by atoms with Crippen LogP contribution in [0.25, 0.3) is 0 Å². The van der Waals surface area contributed by atoms with E-state index in [1.54, 1.807) is 25.4 Å². The minimum Gasteiger partial charge on any atom is -0.462 e. The van der Waals surface area contributed by atoms with Crippen molar-refractivity contribution in [1.29, 1.82) is 0 Å². The third kappa shape index (κ3) is 4.08. The molecule has 0 saturated carbocycles. The number of H-pyrrole nitrogens is 2. The average Bonchev–Trinajstić information content (AvgIpc) is 2.95. The number of carbonyl (C=O) groups excluding carboxylic acids is 1. The second-order valence-electron chi connectivity index (χ2n) is 2.47. The van der Waals surface area contributed by atoms with Gasteiger partial charge in [-0.05, 0) is 13.0 Å². The standard InChI is InChI=1S/C7H9NO2.C2H3N3/c1-2-10-7(9)6-3-4-8-5-6;1-3-2-5-4-1/h3-5,8H,2H2,1H3;1-2H,(H,3,4,5). The first-order valence-electron chi connectivity index (χ1n) is 4.43. The van der Waals surface area contributed by atoms with E-state index in [1.165, 1.54) is 12.7 Å². The number of carbonyl (C=O) groups is 1. The smallest absolute Gasteiger partial charge is 0.339 e. The molecule has 0 aliphatic heterocycles. The molecule has 0 aliphatic carbocycles. The van der Waals surface area contributed by atoms with Crippen molar-refractivity contribution in [3.8, 4) is 0 Å². The van der Waals surface area contributed by atoms with Crippen molar-refractivity contribution >= 4 is 5.97 Å². The van der Waals surface area contributed by atoms with Gasteiger partial charge in [-0.2, -0.15) is 5.10 Å². The van der Waals surface area contributed by atoms with Crippen molar-refractivity contribution in [3.05, 3.63) is 36.7 Å². The maximum absolute atomic E-state index is 10.9. The zero-order valence-electron chi connectivity index (χ0n) is 8.30. The number of aromatic nitrogens is 4. The lowest BCUT2D eigenvalue weighted by atomic mass is 10.3. The average molecular weight is 208 g/mol. The molecule has 2 aromatic rings. The fourth-order valence-electron chi connectivity index (χ4n) is 0.832. The van der Waals surface area contributed by atoms with Gasteiger partial charge in [-0.1, -0.05) is 0 Å².